The third-order valence-electron chi connectivity index (χ3n) is 5.27. The van der Waals surface area contributed by atoms with Gasteiger partial charge in [-0.05, 0) is 18.9 Å². The predicted octanol–water partition coefficient (Wildman–Crippen LogP) is -1.05. The first-order valence-electron chi connectivity index (χ1n) is 11.2. The summed E-state index contributed by atoms with van der Waals surface area (Å²) < 4.78 is 0. The molecule has 13 nitrogen and oxygen atoms in total. The van der Waals surface area contributed by atoms with Crippen molar-refractivity contribution in [3.8, 4) is 0 Å². The minimum Gasteiger partial charge on any atom is -0.481 e. The molecule has 3 amide bonds. The third-order valence-corrected chi connectivity index (χ3v) is 5.27. The number of aromatic nitrogens is 2. The second-order valence-electron chi connectivity index (χ2n) is 8.20. The molecule has 0 radical (unpaired) electrons. The molecule has 0 saturated heterocycles. The van der Waals surface area contributed by atoms with Crippen LogP contribution in [0.3, 0.4) is 0 Å². The number of hydrogen-bond donors (Lipinski definition) is 7. The number of carbonyl (C=O) groups is 5. The number of nitrogens with one attached hydrogen (secondary N) is 4. The number of carbonyl (C=O) groups excluding carboxylic acids is 3. The van der Waals surface area contributed by atoms with Crippen LogP contribution < -0.4 is 21.7 Å². The lowest BCUT2D eigenvalue weighted by Gasteiger charge is -2.23. The summed E-state index contributed by atoms with van der Waals surface area (Å²) in [6, 6.07) is 4.09. The average molecular weight is 503 g/mol. The summed E-state index contributed by atoms with van der Waals surface area (Å²) in [6.45, 7) is 1.37. The molecule has 2 aromatic rings. The molecule has 8 N–H and O–H groups in total. The Morgan fingerprint density at radius 1 is 0.944 bits per heavy atom. The highest BCUT2D eigenvalue weighted by molar-refractivity contribution is 5.94. The maximum absolute atomic E-state index is 13.0. The van der Waals surface area contributed by atoms with E-state index in [2.05, 4.69) is 25.9 Å². The van der Waals surface area contributed by atoms with Gasteiger partial charge in [-0.2, -0.15) is 0 Å². The summed E-state index contributed by atoms with van der Waals surface area (Å²) >= 11 is 0. The topological polar surface area (TPSA) is 217 Å². The Kier molecular flexibility index (Phi) is 10.6. The molecular formula is C23H30N6O7. The van der Waals surface area contributed by atoms with Gasteiger partial charge in [-0.1, -0.05) is 30.3 Å². The first-order chi connectivity index (χ1) is 17.1. The third kappa shape index (κ3) is 9.18. The van der Waals surface area contributed by atoms with Crippen LogP contribution >= 0.6 is 0 Å². The predicted molar refractivity (Wildman–Crippen MR) is 126 cm³/mol. The lowest BCUT2D eigenvalue weighted by Crippen LogP contribution is -2.57. The Hall–Kier alpha value is -4.26. The van der Waals surface area contributed by atoms with Crippen LogP contribution in [0.1, 0.15) is 31.0 Å². The number of amides is 3. The number of carboxylic acids is 2. The molecule has 4 unspecified atom stereocenters. The van der Waals surface area contributed by atoms with Gasteiger partial charge in [0.2, 0.25) is 17.7 Å². The summed E-state index contributed by atoms with van der Waals surface area (Å²) in [6.07, 6.45) is 2.44. The Labute approximate surface area is 206 Å². The largest absolute Gasteiger partial charge is 0.481 e. The number of nitrogens with two attached hydrogens (primary N) is 1. The number of rotatable bonds is 14. The van der Waals surface area contributed by atoms with E-state index >= 15 is 0 Å². The van der Waals surface area contributed by atoms with E-state index in [1.165, 1.54) is 19.4 Å². The summed E-state index contributed by atoms with van der Waals surface area (Å²) in [5, 5.41) is 25.7. The van der Waals surface area contributed by atoms with Gasteiger partial charge in [0.05, 0.1) is 12.4 Å². The molecule has 0 spiro atoms. The van der Waals surface area contributed by atoms with Crippen LogP contribution in [0.2, 0.25) is 0 Å². The van der Waals surface area contributed by atoms with Gasteiger partial charge >= 0.3 is 11.9 Å². The van der Waals surface area contributed by atoms with Gasteiger partial charge in [-0.3, -0.25) is 19.2 Å². The Bertz CT molecular complexity index is 1040. The monoisotopic (exact) mass is 502 g/mol. The van der Waals surface area contributed by atoms with Crippen molar-refractivity contribution in [2.24, 2.45) is 5.73 Å². The molecule has 1 heterocycles. The lowest BCUT2D eigenvalue weighted by atomic mass is 10.0. The molecule has 0 bridgehead atoms. The van der Waals surface area contributed by atoms with Crippen molar-refractivity contribution in [1.29, 1.82) is 0 Å². The van der Waals surface area contributed by atoms with Gasteiger partial charge in [-0.25, -0.2) is 9.78 Å². The van der Waals surface area contributed by atoms with Crippen LogP contribution in [0.4, 0.5) is 0 Å². The zero-order valence-electron chi connectivity index (χ0n) is 19.6. The first-order valence-corrected chi connectivity index (χ1v) is 11.2. The smallest absolute Gasteiger partial charge is 0.326 e. The molecule has 0 aliphatic heterocycles. The molecule has 4 atom stereocenters. The number of H-pyrrole nitrogens is 1. The molecular weight excluding hydrogens is 472 g/mol. The number of aliphatic carboxylic acids is 2. The highest BCUT2D eigenvalue weighted by Gasteiger charge is 2.29. The van der Waals surface area contributed by atoms with Gasteiger partial charge < -0.3 is 36.9 Å². The molecule has 0 aliphatic carbocycles. The van der Waals surface area contributed by atoms with Crippen molar-refractivity contribution < 1.29 is 34.2 Å². The van der Waals surface area contributed by atoms with Gasteiger partial charge in [0, 0.05) is 31.2 Å². The van der Waals surface area contributed by atoms with Crippen molar-refractivity contribution in [2.75, 3.05) is 0 Å². The van der Waals surface area contributed by atoms with Crippen molar-refractivity contribution in [3.63, 3.8) is 0 Å². The fraction of sp³-hybridized carbons (Fsp3) is 0.391. The Morgan fingerprint density at radius 2 is 1.61 bits per heavy atom. The molecule has 13 heteroatoms. The molecule has 1 aromatic carbocycles. The number of nitrogens with zero attached hydrogens (tertiary/aromatic N) is 1. The number of imidazole rings is 1. The SMILES string of the molecule is CC(NC(=O)C(N)CCC(=O)O)C(=O)NC(Cc1cnc[nH]1)C(=O)NC(Cc1ccccc1)C(=O)O. The maximum atomic E-state index is 13.0. The number of aromatic amines is 1. The van der Waals surface area contributed by atoms with E-state index in [-0.39, 0.29) is 25.7 Å². The first kappa shape index (κ1) is 28.0. The number of hydrogen-bond acceptors (Lipinski definition) is 7. The van der Waals surface area contributed by atoms with Crippen molar-refractivity contribution in [3.05, 3.63) is 54.1 Å². The van der Waals surface area contributed by atoms with E-state index in [1.54, 1.807) is 30.3 Å². The van der Waals surface area contributed by atoms with Gasteiger partial charge in [0.1, 0.15) is 18.1 Å². The van der Waals surface area contributed by atoms with Gasteiger partial charge in [0.25, 0.3) is 0 Å². The highest BCUT2D eigenvalue weighted by Crippen LogP contribution is 2.06. The minimum absolute atomic E-state index is 0.0198. The molecule has 0 aliphatic rings. The number of benzene rings is 1. The van der Waals surface area contributed by atoms with Crippen molar-refractivity contribution >= 4 is 29.7 Å². The summed E-state index contributed by atoms with van der Waals surface area (Å²) in [7, 11) is 0. The van der Waals surface area contributed by atoms with E-state index in [4.69, 9.17) is 10.8 Å². The van der Waals surface area contributed by atoms with E-state index in [9.17, 15) is 29.1 Å². The van der Waals surface area contributed by atoms with Crippen LogP contribution in [-0.4, -0.2) is 74.0 Å². The van der Waals surface area contributed by atoms with Crippen molar-refractivity contribution in [2.45, 2.75) is 56.8 Å². The number of carboxylic acid groups (broad SMARTS) is 2. The molecule has 1 aromatic heterocycles. The lowest BCUT2D eigenvalue weighted by molar-refractivity contribution is -0.142. The average Bonchev–Trinajstić information content (AvgIpc) is 3.35. The quantitative estimate of drug-likeness (QED) is 0.167. The molecule has 2 rings (SSSR count). The summed E-state index contributed by atoms with van der Waals surface area (Å²) in [4.78, 5) is 67.1. The molecule has 0 fully saturated rings. The zero-order valence-corrected chi connectivity index (χ0v) is 19.6. The second-order valence-corrected chi connectivity index (χ2v) is 8.20. The Morgan fingerprint density at radius 3 is 2.19 bits per heavy atom. The van der Waals surface area contributed by atoms with E-state index in [0.29, 0.717) is 11.3 Å². The molecule has 36 heavy (non-hydrogen) atoms. The normalized spacial score (nSPS) is 14.1. The standard InChI is InChI=1S/C23H30N6O7/c1-13(27-21(33)16(24)7-8-19(30)31)20(32)28-17(10-15-11-25-12-26-15)22(34)29-18(23(35)36)9-14-5-3-2-4-6-14/h2-6,11-13,16-18H,7-10,24H2,1H3,(H,25,26)(H,27,33)(H,28,32)(H,29,34)(H,30,31)(H,35,36). The highest BCUT2D eigenvalue weighted by atomic mass is 16.4. The van der Waals surface area contributed by atoms with Crippen LogP contribution in [0.15, 0.2) is 42.9 Å². The summed E-state index contributed by atoms with van der Waals surface area (Å²) in [5.74, 6) is -4.53. The maximum Gasteiger partial charge on any atom is 0.326 e. The fourth-order valence-electron chi connectivity index (χ4n) is 3.24. The van der Waals surface area contributed by atoms with E-state index in [0.717, 1.165) is 0 Å². The van der Waals surface area contributed by atoms with Crippen LogP contribution in [0.25, 0.3) is 0 Å². The minimum atomic E-state index is -1.24. The van der Waals surface area contributed by atoms with E-state index < -0.39 is 53.8 Å². The molecule has 194 valence electrons. The van der Waals surface area contributed by atoms with Crippen LogP contribution in [0.5, 0.6) is 0 Å². The Balaban J connectivity index is 2.07. The van der Waals surface area contributed by atoms with Crippen LogP contribution in [0, 0.1) is 0 Å². The van der Waals surface area contributed by atoms with Crippen LogP contribution in [-0.2, 0) is 36.8 Å². The second kappa shape index (κ2) is 13.6. The van der Waals surface area contributed by atoms with E-state index in [1.807, 2.05) is 0 Å². The molecule has 0 saturated carbocycles. The summed E-state index contributed by atoms with van der Waals surface area (Å²) in [5.41, 5.74) is 6.88. The fourth-order valence-corrected chi connectivity index (χ4v) is 3.24. The van der Waals surface area contributed by atoms with Crippen molar-refractivity contribution in [1.82, 2.24) is 25.9 Å². The zero-order chi connectivity index (χ0) is 26.7. The van der Waals surface area contributed by atoms with Gasteiger partial charge in [-0.15, -0.1) is 0 Å². The van der Waals surface area contributed by atoms with Gasteiger partial charge in [0.15, 0.2) is 0 Å².